The number of hydrogen-bond donors (Lipinski definition) is 2. The number of rotatable bonds is 6. The minimum absolute atomic E-state index is 0.105. The van der Waals surface area contributed by atoms with Crippen molar-refractivity contribution in [2.45, 2.75) is 82.1 Å². The van der Waals surface area contributed by atoms with Gasteiger partial charge in [0, 0.05) is 75.2 Å². The molecule has 6 heterocycles. The normalized spacial score (nSPS) is 24.0. The molecule has 8 rings (SSSR count). The number of nitrogen functional groups attached to an aromatic ring is 1. The van der Waals surface area contributed by atoms with Gasteiger partial charge in [-0.1, -0.05) is 35.9 Å². The lowest BCUT2D eigenvalue weighted by Gasteiger charge is -2.45. The van der Waals surface area contributed by atoms with E-state index < -0.39 is 12.2 Å². The van der Waals surface area contributed by atoms with E-state index in [1.807, 2.05) is 42.2 Å². The third-order valence-electron chi connectivity index (χ3n) is 12.1. The van der Waals surface area contributed by atoms with Gasteiger partial charge in [0.2, 0.25) is 0 Å². The Morgan fingerprint density at radius 2 is 1.67 bits per heavy atom. The fourth-order valence-electron chi connectivity index (χ4n) is 9.12. The van der Waals surface area contributed by atoms with Crippen LogP contribution in [0.1, 0.15) is 55.7 Å². The molecule has 2 aromatic heterocycles. The van der Waals surface area contributed by atoms with Gasteiger partial charge in [-0.05, 0) is 75.8 Å². The molecule has 4 aliphatic heterocycles. The molecule has 4 saturated heterocycles. The number of aromatic amines is 1. The van der Waals surface area contributed by atoms with Crippen LogP contribution in [0.5, 0.6) is 0 Å². The molecule has 51 heavy (non-hydrogen) atoms. The number of nitrogens with one attached hydrogen (secondary N) is 1. The summed E-state index contributed by atoms with van der Waals surface area (Å²) >= 11 is 6.44. The Bertz CT molecular complexity index is 1980. The lowest BCUT2D eigenvalue weighted by Crippen LogP contribution is -2.57. The summed E-state index contributed by atoms with van der Waals surface area (Å²) in [5.41, 5.74) is 10.4. The first kappa shape index (κ1) is 34.0. The first-order valence-electron chi connectivity index (χ1n) is 18.4. The second-order valence-electron chi connectivity index (χ2n) is 15.0. The number of hydrogen-bond acceptors (Lipinski definition) is 8. The highest BCUT2D eigenvalue weighted by Crippen LogP contribution is 2.37. The molecule has 13 heteroatoms. The van der Waals surface area contributed by atoms with Gasteiger partial charge in [-0.15, -0.1) is 0 Å². The summed E-state index contributed by atoms with van der Waals surface area (Å²) in [4.78, 5) is 57.3. The number of fused-ring (bicyclic) bond motifs is 5. The van der Waals surface area contributed by atoms with Crippen LogP contribution in [0.4, 0.5) is 10.5 Å². The topological polar surface area (TPSA) is 133 Å². The molecule has 4 aromatic rings. The van der Waals surface area contributed by atoms with Crippen LogP contribution in [0.15, 0.2) is 47.4 Å². The Balaban J connectivity index is 0.944. The van der Waals surface area contributed by atoms with Gasteiger partial charge in [0.1, 0.15) is 0 Å². The second kappa shape index (κ2) is 13.8. The van der Waals surface area contributed by atoms with Crippen LogP contribution < -0.4 is 11.4 Å². The van der Waals surface area contributed by atoms with E-state index in [9.17, 15) is 14.4 Å². The molecule has 3 N–H and O–H groups in total. The number of halogens is 1. The fraction of sp³-hybridized carbons (Fsp3) is 0.526. The molecule has 2 unspecified atom stereocenters. The van der Waals surface area contributed by atoms with Crippen molar-refractivity contribution in [3.63, 3.8) is 0 Å². The lowest BCUT2D eigenvalue weighted by atomic mass is 9.96. The van der Waals surface area contributed by atoms with Gasteiger partial charge >= 0.3 is 11.8 Å². The van der Waals surface area contributed by atoms with E-state index >= 15 is 0 Å². The molecule has 3 atom stereocenters. The number of ether oxygens (including phenoxy) is 1. The van der Waals surface area contributed by atoms with Crippen molar-refractivity contribution < 1.29 is 14.3 Å². The van der Waals surface area contributed by atoms with Crippen LogP contribution in [0.25, 0.3) is 21.9 Å². The summed E-state index contributed by atoms with van der Waals surface area (Å²) in [6.07, 6.45) is 6.51. The van der Waals surface area contributed by atoms with E-state index in [1.165, 1.54) is 25.7 Å². The maximum Gasteiger partial charge on any atom is 0.410 e. The Kier molecular flexibility index (Phi) is 9.18. The quantitative estimate of drug-likeness (QED) is 0.278. The number of aromatic nitrogens is 3. The van der Waals surface area contributed by atoms with Gasteiger partial charge in [0.05, 0.1) is 33.5 Å². The van der Waals surface area contributed by atoms with Gasteiger partial charge in [0.25, 0.3) is 5.91 Å². The molecule has 0 spiro atoms. The van der Waals surface area contributed by atoms with Crippen LogP contribution >= 0.6 is 11.6 Å². The van der Waals surface area contributed by atoms with Gasteiger partial charge in [-0.25, -0.2) is 9.59 Å². The lowest BCUT2D eigenvalue weighted by molar-refractivity contribution is -0.143. The average molecular weight is 715 g/mol. The zero-order valence-corrected chi connectivity index (χ0v) is 30.1. The largest absolute Gasteiger partial charge is 0.436 e. The first-order chi connectivity index (χ1) is 24.6. The molecular formula is C38H47ClN8O4. The van der Waals surface area contributed by atoms with Crippen molar-refractivity contribution in [3.05, 3.63) is 69.2 Å². The molecule has 2 bridgehead atoms. The van der Waals surface area contributed by atoms with Crippen LogP contribution in [0.2, 0.25) is 5.02 Å². The van der Waals surface area contributed by atoms with Gasteiger partial charge in [-0.2, -0.15) is 0 Å². The number of aryl methyl sites for hydroxylation is 1. The van der Waals surface area contributed by atoms with Crippen molar-refractivity contribution in [1.82, 2.24) is 34.1 Å². The van der Waals surface area contributed by atoms with E-state index in [0.29, 0.717) is 67.9 Å². The van der Waals surface area contributed by atoms with Crippen molar-refractivity contribution in [2.24, 2.45) is 0 Å². The van der Waals surface area contributed by atoms with Crippen molar-refractivity contribution in [3.8, 4) is 0 Å². The van der Waals surface area contributed by atoms with Crippen molar-refractivity contribution in [2.75, 3.05) is 52.0 Å². The summed E-state index contributed by atoms with van der Waals surface area (Å²) in [5, 5.41) is 1.32. The average Bonchev–Trinajstić information content (AvgIpc) is 3.56. The predicted octanol–water partition coefficient (Wildman–Crippen LogP) is 4.58. The number of amides is 2. The molecule has 2 amide bonds. The fourth-order valence-corrected chi connectivity index (χ4v) is 9.41. The Labute approximate surface area is 302 Å². The van der Waals surface area contributed by atoms with E-state index in [4.69, 9.17) is 22.1 Å². The Morgan fingerprint density at radius 3 is 2.37 bits per heavy atom. The van der Waals surface area contributed by atoms with Crippen LogP contribution in [-0.4, -0.2) is 117 Å². The van der Waals surface area contributed by atoms with Crippen LogP contribution in [0.3, 0.4) is 0 Å². The Hall–Kier alpha value is -4.13. The summed E-state index contributed by atoms with van der Waals surface area (Å²) < 4.78 is 7.87. The number of piperazine rings is 1. The summed E-state index contributed by atoms with van der Waals surface area (Å²) in [5.74, 6) is -0.183. The van der Waals surface area contributed by atoms with Gasteiger partial charge in [0.15, 0.2) is 6.10 Å². The van der Waals surface area contributed by atoms with Crippen LogP contribution in [0, 0.1) is 6.92 Å². The Morgan fingerprint density at radius 1 is 0.961 bits per heavy atom. The number of pyridine rings is 1. The molecule has 0 radical (unpaired) electrons. The molecule has 270 valence electrons. The van der Waals surface area contributed by atoms with Crippen molar-refractivity contribution >= 4 is 51.2 Å². The molecule has 12 nitrogen and oxygen atoms in total. The number of carbonyl (C=O) groups excluding carboxylic acids is 2. The highest BCUT2D eigenvalue weighted by molar-refractivity contribution is 6.33. The minimum atomic E-state index is -1.00. The standard InChI is InChI=1S/C38H47ClN8O4/c1-23-17-24(18-30(39)34(23)40)19-33(36(48)45-15-13-44(14-16-45)28-20-26-7-8-27(21-28)43(26)2)51-38(50)46-11-9-25(10-12-46)47-32-22-41-31-6-4-3-5-29(31)35(32)42-37(47)49/h3-6,17-18,22,25-28,33H,7-16,19-21,40H2,1-2H3,(H,42,49)/t26?,27?,28?,33-/m1/s1. The van der Waals surface area contributed by atoms with Gasteiger partial charge in [-0.3, -0.25) is 19.2 Å². The molecule has 0 saturated carbocycles. The van der Waals surface area contributed by atoms with E-state index in [1.54, 1.807) is 21.7 Å². The highest BCUT2D eigenvalue weighted by atomic mass is 35.5. The predicted molar refractivity (Wildman–Crippen MR) is 198 cm³/mol. The monoisotopic (exact) mass is 714 g/mol. The summed E-state index contributed by atoms with van der Waals surface area (Å²) in [6.45, 7) is 5.51. The number of para-hydroxylation sites is 1. The SMILES string of the molecule is Cc1cc(C[C@@H](OC(=O)N2CCC(n3c(=O)[nH]c4c5ccccc5ncc43)CC2)C(=O)N2CCN(C3CC4CCC(C3)N4C)CC2)cc(Cl)c1N. The second-order valence-corrected chi connectivity index (χ2v) is 15.4. The third kappa shape index (κ3) is 6.46. The minimum Gasteiger partial charge on any atom is -0.436 e. The molecule has 4 aliphatic rings. The number of imidazole rings is 1. The van der Waals surface area contributed by atoms with Crippen LogP contribution in [-0.2, 0) is 16.0 Å². The molecule has 4 fully saturated rings. The number of carbonyl (C=O) groups is 2. The number of piperidine rings is 2. The van der Waals surface area contributed by atoms with Gasteiger partial charge < -0.3 is 30.2 Å². The molecular weight excluding hydrogens is 668 g/mol. The van der Waals surface area contributed by atoms with E-state index in [-0.39, 0.29) is 24.1 Å². The maximum atomic E-state index is 14.2. The molecule has 0 aliphatic carbocycles. The summed E-state index contributed by atoms with van der Waals surface area (Å²) in [6, 6.07) is 13.2. The number of nitrogens with zero attached hydrogens (tertiary/aromatic N) is 6. The number of H-pyrrole nitrogens is 1. The van der Waals surface area contributed by atoms with E-state index in [2.05, 4.69) is 26.8 Å². The number of benzene rings is 2. The molecule has 2 aromatic carbocycles. The highest BCUT2D eigenvalue weighted by Gasteiger charge is 2.42. The van der Waals surface area contributed by atoms with E-state index in [0.717, 1.165) is 46.2 Å². The smallest absolute Gasteiger partial charge is 0.410 e. The number of anilines is 1. The third-order valence-corrected chi connectivity index (χ3v) is 12.4. The zero-order chi connectivity index (χ0) is 35.4. The summed E-state index contributed by atoms with van der Waals surface area (Å²) in [7, 11) is 2.26. The maximum absolute atomic E-state index is 14.2. The first-order valence-corrected chi connectivity index (χ1v) is 18.7. The number of nitrogens with two attached hydrogens (primary N) is 1. The van der Waals surface area contributed by atoms with Crippen molar-refractivity contribution in [1.29, 1.82) is 0 Å². The number of likely N-dealkylation sites (tertiary alicyclic amines) is 1. The zero-order valence-electron chi connectivity index (χ0n) is 29.4.